The second-order valence-electron chi connectivity index (χ2n) is 5.83. The van der Waals surface area contributed by atoms with Gasteiger partial charge in [-0.15, -0.1) is 0 Å². The van der Waals surface area contributed by atoms with Crippen LogP contribution < -0.4 is 11.1 Å². The number of hydrogen-bond donors (Lipinski definition) is 3. The lowest BCUT2D eigenvalue weighted by Crippen LogP contribution is -2.57. The van der Waals surface area contributed by atoms with Crippen molar-refractivity contribution in [1.29, 1.82) is 0 Å². The van der Waals surface area contributed by atoms with Gasteiger partial charge in [0, 0.05) is 6.04 Å². The normalized spacial score (nSPS) is 31.4. The number of carboxylic acid groups (broad SMARTS) is 1. The summed E-state index contributed by atoms with van der Waals surface area (Å²) >= 11 is 0. The molecule has 0 heterocycles. The largest absolute Gasteiger partial charge is 0.480 e. The molecule has 2 fully saturated rings. The van der Waals surface area contributed by atoms with E-state index in [1.165, 1.54) is 0 Å². The highest BCUT2D eigenvalue weighted by molar-refractivity contribution is 5.88. The lowest BCUT2D eigenvalue weighted by molar-refractivity contribution is -0.149. The summed E-state index contributed by atoms with van der Waals surface area (Å²) in [7, 11) is 0. The van der Waals surface area contributed by atoms with E-state index in [0.717, 1.165) is 38.5 Å². The number of carboxylic acids is 1. The third kappa shape index (κ3) is 2.51. The molecule has 18 heavy (non-hydrogen) atoms. The van der Waals surface area contributed by atoms with Crippen molar-refractivity contribution in [3.05, 3.63) is 0 Å². The number of nitrogens with one attached hydrogen (secondary N) is 1. The van der Waals surface area contributed by atoms with Gasteiger partial charge in [-0.25, -0.2) is 4.79 Å². The minimum Gasteiger partial charge on any atom is -0.480 e. The first-order valence-electron chi connectivity index (χ1n) is 6.76. The zero-order valence-corrected chi connectivity index (χ0v) is 10.8. The maximum Gasteiger partial charge on any atom is 0.329 e. The Hall–Kier alpha value is -1.10. The molecule has 0 aromatic carbocycles. The molecule has 2 aliphatic carbocycles. The molecule has 0 bridgehead atoms. The first-order chi connectivity index (χ1) is 8.45. The van der Waals surface area contributed by atoms with E-state index in [0.29, 0.717) is 0 Å². The Labute approximate surface area is 107 Å². The highest BCUT2D eigenvalue weighted by Gasteiger charge is 2.49. The fourth-order valence-corrected chi connectivity index (χ4v) is 2.82. The van der Waals surface area contributed by atoms with Crippen molar-refractivity contribution in [1.82, 2.24) is 5.32 Å². The zero-order valence-electron chi connectivity index (χ0n) is 10.8. The second-order valence-corrected chi connectivity index (χ2v) is 5.83. The molecule has 0 radical (unpaired) electrons. The summed E-state index contributed by atoms with van der Waals surface area (Å²) in [4.78, 5) is 23.6. The van der Waals surface area contributed by atoms with Gasteiger partial charge in [0.1, 0.15) is 5.54 Å². The van der Waals surface area contributed by atoms with Crippen LogP contribution in [0.5, 0.6) is 0 Å². The molecule has 3 atom stereocenters. The first kappa shape index (κ1) is 13.3. The summed E-state index contributed by atoms with van der Waals surface area (Å²) < 4.78 is 0. The lowest BCUT2D eigenvalue weighted by Gasteiger charge is -2.32. The van der Waals surface area contributed by atoms with E-state index in [1.807, 2.05) is 0 Å². The number of carbonyl (C=O) groups excluding carboxylic acids is 1. The van der Waals surface area contributed by atoms with E-state index in [4.69, 9.17) is 5.73 Å². The SMILES string of the molecule is CC(NC(=O)C1CCCCC1N)(C(=O)O)C1CC1. The van der Waals surface area contributed by atoms with Gasteiger partial charge in [-0.2, -0.15) is 0 Å². The van der Waals surface area contributed by atoms with Crippen molar-refractivity contribution in [3.63, 3.8) is 0 Å². The van der Waals surface area contributed by atoms with E-state index in [1.54, 1.807) is 6.92 Å². The quantitative estimate of drug-likeness (QED) is 0.694. The molecule has 5 heteroatoms. The summed E-state index contributed by atoms with van der Waals surface area (Å²) in [6.07, 6.45) is 5.43. The molecule has 0 saturated heterocycles. The summed E-state index contributed by atoms with van der Waals surface area (Å²) in [5, 5.41) is 12.0. The molecule has 5 nitrogen and oxygen atoms in total. The van der Waals surface area contributed by atoms with Crippen LogP contribution in [0.2, 0.25) is 0 Å². The lowest BCUT2D eigenvalue weighted by atomic mass is 9.83. The molecule has 4 N–H and O–H groups in total. The van der Waals surface area contributed by atoms with E-state index >= 15 is 0 Å². The van der Waals surface area contributed by atoms with E-state index < -0.39 is 11.5 Å². The number of amides is 1. The Morgan fingerprint density at radius 1 is 1.22 bits per heavy atom. The Morgan fingerprint density at radius 3 is 2.33 bits per heavy atom. The van der Waals surface area contributed by atoms with Crippen LogP contribution in [0.25, 0.3) is 0 Å². The van der Waals surface area contributed by atoms with Gasteiger partial charge in [0.05, 0.1) is 5.92 Å². The molecule has 2 rings (SSSR count). The van der Waals surface area contributed by atoms with Crippen molar-refractivity contribution >= 4 is 11.9 Å². The monoisotopic (exact) mass is 254 g/mol. The number of aliphatic carboxylic acids is 1. The topological polar surface area (TPSA) is 92.4 Å². The Balaban J connectivity index is 2.02. The van der Waals surface area contributed by atoms with Crippen molar-refractivity contribution in [2.24, 2.45) is 17.6 Å². The van der Waals surface area contributed by atoms with Crippen LogP contribution in [0.4, 0.5) is 0 Å². The molecular formula is C13H22N2O3. The first-order valence-corrected chi connectivity index (χ1v) is 6.76. The highest BCUT2D eigenvalue weighted by atomic mass is 16.4. The average Bonchev–Trinajstić information content (AvgIpc) is 3.13. The number of nitrogens with two attached hydrogens (primary N) is 1. The van der Waals surface area contributed by atoms with Crippen molar-refractivity contribution in [3.8, 4) is 0 Å². The van der Waals surface area contributed by atoms with Crippen LogP contribution in [-0.2, 0) is 9.59 Å². The molecule has 0 spiro atoms. The van der Waals surface area contributed by atoms with Crippen molar-refractivity contribution in [2.45, 2.75) is 57.0 Å². The smallest absolute Gasteiger partial charge is 0.329 e. The molecular weight excluding hydrogens is 232 g/mol. The summed E-state index contributed by atoms with van der Waals surface area (Å²) in [5.41, 5.74) is 4.84. The molecule has 1 amide bonds. The van der Waals surface area contributed by atoms with E-state index in [9.17, 15) is 14.7 Å². The van der Waals surface area contributed by atoms with Gasteiger partial charge in [0.2, 0.25) is 5.91 Å². The maximum absolute atomic E-state index is 12.2. The van der Waals surface area contributed by atoms with Gasteiger partial charge in [0.25, 0.3) is 0 Å². The van der Waals surface area contributed by atoms with Crippen LogP contribution in [0, 0.1) is 11.8 Å². The maximum atomic E-state index is 12.2. The van der Waals surface area contributed by atoms with Gasteiger partial charge in [-0.05, 0) is 38.5 Å². The van der Waals surface area contributed by atoms with Crippen LogP contribution in [0.3, 0.4) is 0 Å². The van der Waals surface area contributed by atoms with Crippen LogP contribution in [0.15, 0.2) is 0 Å². The molecule has 0 aliphatic heterocycles. The Bertz CT molecular complexity index is 354. The predicted molar refractivity (Wildman–Crippen MR) is 66.8 cm³/mol. The number of carbonyl (C=O) groups is 2. The molecule has 0 aromatic rings. The average molecular weight is 254 g/mol. The molecule has 0 aromatic heterocycles. The van der Waals surface area contributed by atoms with Gasteiger partial charge in [-0.1, -0.05) is 12.8 Å². The third-order valence-corrected chi connectivity index (χ3v) is 4.38. The summed E-state index contributed by atoms with van der Waals surface area (Å²) in [6, 6.07) is -0.129. The highest BCUT2D eigenvalue weighted by Crippen LogP contribution is 2.40. The fraction of sp³-hybridized carbons (Fsp3) is 0.846. The second kappa shape index (κ2) is 4.88. The van der Waals surface area contributed by atoms with E-state index in [2.05, 4.69) is 5.32 Å². The Kier molecular flexibility index (Phi) is 3.61. The van der Waals surface area contributed by atoms with Gasteiger partial charge in [0.15, 0.2) is 0 Å². The Morgan fingerprint density at radius 2 is 1.83 bits per heavy atom. The third-order valence-electron chi connectivity index (χ3n) is 4.38. The van der Waals surface area contributed by atoms with Gasteiger partial charge >= 0.3 is 5.97 Å². The van der Waals surface area contributed by atoms with Crippen LogP contribution in [0.1, 0.15) is 45.4 Å². The predicted octanol–water partition coefficient (Wildman–Crippen LogP) is 0.873. The van der Waals surface area contributed by atoms with Gasteiger partial charge < -0.3 is 16.2 Å². The molecule has 2 aliphatic rings. The fourth-order valence-electron chi connectivity index (χ4n) is 2.82. The summed E-state index contributed by atoms with van der Waals surface area (Å²) in [6.45, 7) is 1.61. The molecule has 3 unspecified atom stereocenters. The van der Waals surface area contributed by atoms with Crippen LogP contribution in [-0.4, -0.2) is 28.6 Å². The van der Waals surface area contributed by atoms with Crippen molar-refractivity contribution < 1.29 is 14.7 Å². The zero-order chi connectivity index (χ0) is 13.3. The standard InChI is InChI=1S/C13H22N2O3/c1-13(12(17)18,8-6-7-8)15-11(16)9-4-2-3-5-10(9)14/h8-10H,2-7,14H2,1H3,(H,15,16)(H,17,18). The van der Waals surface area contributed by atoms with E-state index in [-0.39, 0.29) is 23.8 Å². The number of hydrogen-bond acceptors (Lipinski definition) is 3. The summed E-state index contributed by atoms with van der Waals surface area (Å²) in [5.74, 6) is -1.28. The van der Waals surface area contributed by atoms with Crippen LogP contribution >= 0.6 is 0 Å². The molecule has 102 valence electrons. The van der Waals surface area contributed by atoms with Gasteiger partial charge in [-0.3, -0.25) is 4.79 Å². The minimum atomic E-state index is -1.12. The molecule has 2 saturated carbocycles. The number of rotatable bonds is 4. The van der Waals surface area contributed by atoms with Crippen molar-refractivity contribution in [2.75, 3.05) is 0 Å². The minimum absolute atomic E-state index is 0.0683.